The molecule has 19 heavy (non-hydrogen) atoms. The first kappa shape index (κ1) is 14.3. The van der Waals surface area contributed by atoms with Gasteiger partial charge in [-0.05, 0) is 17.7 Å². The van der Waals surface area contributed by atoms with Gasteiger partial charge < -0.3 is 14.8 Å². The van der Waals surface area contributed by atoms with Crippen LogP contribution in [0.1, 0.15) is 12.0 Å². The van der Waals surface area contributed by atoms with E-state index in [-0.39, 0.29) is 6.54 Å². The van der Waals surface area contributed by atoms with E-state index < -0.39 is 23.1 Å². The number of benzene rings is 1. The van der Waals surface area contributed by atoms with Crippen LogP contribution in [-0.4, -0.2) is 32.5 Å². The highest BCUT2D eigenvalue weighted by molar-refractivity contribution is 5.19. The minimum absolute atomic E-state index is 0.235. The van der Waals surface area contributed by atoms with Gasteiger partial charge in [-0.15, -0.1) is 0 Å². The van der Waals surface area contributed by atoms with Crippen molar-refractivity contribution >= 4 is 0 Å². The first-order chi connectivity index (χ1) is 9.06. The maximum atomic E-state index is 13.0. The average molecular weight is 275 g/mol. The Labute approximate surface area is 109 Å². The first-order valence-corrected chi connectivity index (χ1v) is 6.03. The van der Waals surface area contributed by atoms with Crippen molar-refractivity contribution in [2.24, 2.45) is 0 Å². The summed E-state index contributed by atoms with van der Waals surface area (Å²) >= 11 is 0. The summed E-state index contributed by atoms with van der Waals surface area (Å²) in [7, 11) is 1.60. The number of ether oxygens (including phenoxy) is 2. The Kier molecular flexibility index (Phi) is 4.44. The minimum Gasteiger partial charge on any atom is -0.378 e. The molecule has 0 bridgehead atoms. The summed E-state index contributed by atoms with van der Waals surface area (Å²) in [6.07, 6.45) is 0.767. The molecule has 3 nitrogen and oxygen atoms in total. The van der Waals surface area contributed by atoms with Crippen molar-refractivity contribution < 1.29 is 22.6 Å². The topological polar surface area (TPSA) is 30.5 Å². The van der Waals surface area contributed by atoms with Crippen molar-refractivity contribution in [2.75, 3.05) is 26.9 Å². The molecule has 0 radical (unpaired) electrons. The normalized spacial score (nSPS) is 22.9. The Morgan fingerprint density at radius 1 is 1.32 bits per heavy atom. The summed E-state index contributed by atoms with van der Waals surface area (Å²) in [5.74, 6) is -3.80. The van der Waals surface area contributed by atoms with E-state index in [1.54, 1.807) is 7.11 Å². The molecule has 1 atom stereocenters. The van der Waals surface area contributed by atoms with Gasteiger partial charge in [0.15, 0.2) is 17.5 Å². The third kappa shape index (κ3) is 3.26. The highest BCUT2D eigenvalue weighted by Crippen LogP contribution is 2.21. The molecule has 1 N–H and O–H groups in total. The van der Waals surface area contributed by atoms with Gasteiger partial charge in [-0.2, -0.15) is 0 Å². The standard InChI is InChI=1S/C13H16F3NO2/c1-18-13(2-3-19-8-13)7-17-6-9-4-10(14)12(16)11(15)5-9/h4-5,17H,2-3,6-8H2,1H3. The molecule has 0 aliphatic carbocycles. The van der Waals surface area contributed by atoms with Crippen LogP contribution in [-0.2, 0) is 16.0 Å². The zero-order chi connectivity index (χ0) is 13.9. The van der Waals surface area contributed by atoms with Crippen LogP contribution in [0.4, 0.5) is 13.2 Å². The second-order valence-corrected chi connectivity index (χ2v) is 4.67. The number of rotatable bonds is 5. The summed E-state index contributed by atoms with van der Waals surface area (Å²) in [5, 5.41) is 3.05. The summed E-state index contributed by atoms with van der Waals surface area (Å²) in [4.78, 5) is 0. The summed E-state index contributed by atoms with van der Waals surface area (Å²) in [6.45, 7) is 1.86. The van der Waals surface area contributed by atoms with Crippen LogP contribution in [0.5, 0.6) is 0 Å². The van der Waals surface area contributed by atoms with Gasteiger partial charge in [0.2, 0.25) is 0 Å². The zero-order valence-corrected chi connectivity index (χ0v) is 10.6. The molecular weight excluding hydrogens is 259 g/mol. The number of nitrogens with one attached hydrogen (secondary N) is 1. The predicted octanol–water partition coefficient (Wildman–Crippen LogP) is 2.00. The molecule has 0 aromatic heterocycles. The fourth-order valence-corrected chi connectivity index (χ4v) is 2.11. The Balaban J connectivity index is 1.92. The van der Waals surface area contributed by atoms with Crippen molar-refractivity contribution in [3.63, 3.8) is 0 Å². The smallest absolute Gasteiger partial charge is 0.194 e. The van der Waals surface area contributed by atoms with Gasteiger partial charge in [0.1, 0.15) is 5.60 Å². The summed E-state index contributed by atoms with van der Waals surface area (Å²) < 4.78 is 49.5. The van der Waals surface area contributed by atoms with Crippen LogP contribution < -0.4 is 5.32 Å². The van der Waals surface area contributed by atoms with Crippen LogP contribution in [0.15, 0.2) is 12.1 Å². The maximum absolute atomic E-state index is 13.0. The van der Waals surface area contributed by atoms with Gasteiger partial charge in [0.25, 0.3) is 0 Å². The lowest BCUT2D eigenvalue weighted by Gasteiger charge is -2.26. The highest BCUT2D eigenvalue weighted by atomic mass is 19.2. The van der Waals surface area contributed by atoms with Gasteiger partial charge in [-0.3, -0.25) is 0 Å². The molecule has 0 saturated carbocycles. The molecule has 1 aromatic carbocycles. The molecule has 1 aliphatic rings. The molecule has 1 unspecified atom stereocenters. The second-order valence-electron chi connectivity index (χ2n) is 4.67. The Hall–Kier alpha value is -1.11. The van der Waals surface area contributed by atoms with E-state index in [1.807, 2.05) is 0 Å². The van der Waals surface area contributed by atoms with Crippen molar-refractivity contribution in [3.05, 3.63) is 35.1 Å². The molecular formula is C13H16F3NO2. The van der Waals surface area contributed by atoms with Gasteiger partial charge in [0.05, 0.1) is 6.61 Å². The highest BCUT2D eigenvalue weighted by Gasteiger charge is 2.34. The Morgan fingerprint density at radius 2 is 2.00 bits per heavy atom. The molecule has 0 spiro atoms. The lowest BCUT2D eigenvalue weighted by Crippen LogP contribution is -2.42. The summed E-state index contributed by atoms with van der Waals surface area (Å²) in [5.41, 5.74) is -0.0431. The molecule has 1 saturated heterocycles. The van der Waals surface area contributed by atoms with E-state index in [4.69, 9.17) is 9.47 Å². The largest absolute Gasteiger partial charge is 0.378 e. The average Bonchev–Trinajstić information content (AvgIpc) is 2.85. The van der Waals surface area contributed by atoms with Crippen LogP contribution in [0, 0.1) is 17.5 Å². The van der Waals surface area contributed by atoms with Crippen LogP contribution >= 0.6 is 0 Å². The van der Waals surface area contributed by atoms with E-state index in [1.165, 1.54) is 0 Å². The van der Waals surface area contributed by atoms with E-state index in [9.17, 15) is 13.2 Å². The van der Waals surface area contributed by atoms with Crippen molar-refractivity contribution in [1.82, 2.24) is 5.32 Å². The molecule has 6 heteroatoms. The minimum atomic E-state index is -1.44. The van der Waals surface area contributed by atoms with Gasteiger partial charge in [-0.25, -0.2) is 13.2 Å². The van der Waals surface area contributed by atoms with Crippen molar-refractivity contribution in [2.45, 2.75) is 18.6 Å². The third-order valence-electron chi connectivity index (χ3n) is 3.32. The number of hydrogen-bond donors (Lipinski definition) is 1. The van der Waals surface area contributed by atoms with Gasteiger partial charge in [0, 0.05) is 33.2 Å². The molecule has 1 aromatic rings. The van der Waals surface area contributed by atoms with Crippen LogP contribution in [0.25, 0.3) is 0 Å². The molecule has 1 aliphatic heterocycles. The van der Waals surface area contributed by atoms with Crippen LogP contribution in [0.3, 0.4) is 0 Å². The van der Waals surface area contributed by atoms with Gasteiger partial charge >= 0.3 is 0 Å². The Bertz CT molecular complexity index is 425. The van der Waals surface area contributed by atoms with E-state index >= 15 is 0 Å². The fourth-order valence-electron chi connectivity index (χ4n) is 2.11. The second kappa shape index (κ2) is 5.90. The number of hydrogen-bond acceptors (Lipinski definition) is 3. The van der Waals surface area contributed by atoms with Crippen molar-refractivity contribution in [3.8, 4) is 0 Å². The zero-order valence-electron chi connectivity index (χ0n) is 10.6. The van der Waals surface area contributed by atoms with Crippen molar-refractivity contribution in [1.29, 1.82) is 0 Å². The monoisotopic (exact) mass is 275 g/mol. The lowest BCUT2D eigenvalue weighted by molar-refractivity contribution is -0.0159. The quantitative estimate of drug-likeness (QED) is 0.834. The molecule has 1 fully saturated rings. The van der Waals surface area contributed by atoms with E-state index in [0.29, 0.717) is 25.3 Å². The Morgan fingerprint density at radius 3 is 2.53 bits per heavy atom. The summed E-state index contributed by atoms with van der Waals surface area (Å²) in [6, 6.07) is 1.96. The van der Waals surface area contributed by atoms with Gasteiger partial charge in [-0.1, -0.05) is 0 Å². The SMILES string of the molecule is COC1(CNCc2cc(F)c(F)c(F)c2)CCOC1. The molecule has 0 amide bonds. The predicted molar refractivity (Wildman–Crippen MR) is 63.2 cm³/mol. The number of halogens is 3. The van der Waals surface area contributed by atoms with E-state index in [0.717, 1.165) is 18.6 Å². The lowest BCUT2D eigenvalue weighted by atomic mass is 10.0. The number of methoxy groups -OCH3 is 1. The molecule has 106 valence electrons. The van der Waals surface area contributed by atoms with Crippen LogP contribution in [0.2, 0.25) is 0 Å². The third-order valence-corrected chi connectivity index (χ3v) is 3.32. The fraction of sp³-hybridized carbons (Fsp3) is 0.538. The van der Waals surface area contributed by atoms with E-state index in [2.05, 4.69) is 5.32 Å². The first-order valence-electron chi connectivity index (χ1n) is 6.03. The molecule has 2 rings (SSSR count). The molecule has 1 heterocycles. The maximum Gasteiger partial charge on any atom is 0.194 e.